The van der Waals surface area contributed by atoms with E-state index < -0.39 is 7.37 Å². The van der Waals surface area contributed by atoms with Crippen molar-refractivity contribution < 1.29 is 9.09 Å². The van der Waals surface area contributed by atoms with E-state index in [2.05, 4.69) is 43.3 Å². The van der Waals surface area contributed by atoms with Gasteiger partial charge < -0.3 is 4.52 Å². The van der Waals surface area contributed by atoms with Crippen molar-refractivity contribution in [2.24, 2.45) is 0 Å². The van der Waals surface area contributed by atoms with E-state index in [1.165, 1.54) is 29.5 Å². The van der Waals surface area contributed by atoms with E-state index in [0.717, 1.165) is 41.0 Å². The molecule has 1 aliphatic rings. The van der Waals surface area contributed by atoms with Gasteiger partial charge in [-0.25, -0.2) is 0 Å². The first-order valence-electron chi connectivity index (χ1n) is 10.1. The van der Waals surface area contributed by atoms with Crippen molar-refractivity contribution in [3.63, 3.8) is 0 Å². The molecule has 144 valence electrons. The third kappa shape index (κ3) is 3.26. The molecular formula is C25H27O2P. The van der Waals surface area contributed by atoms with Gasteiger partial charge in [0.05, 0.1) is 0 Å². The lowest BCUT2D eigenvalue weighted by Crippen LogP contribution is -2.23. The Bertz CT molecular complexity index is 1040. The smallest absolute Gasteiger partial charge is 0.261 e. The maximum absolute atomic E-state index is 14.3. The summed E-state index contributed by atoms with van der Waals surface area (Å²) in [6, 6.07) is 22.7. The predicted molar refractivity (Wildman–Crippen MR) is 118 cm³/mol. The van der Waals surface area contributed by atoms with Gasteiger partial charge in [-0.2, -0.15) is 0 Å². The zero-order chi connectivity index (χ0) is 19.6. The van der Waals surface area contributed by atoms with E-state index >= 15 is 0 Å². The van der Waals surface area contributed by atoms with Crippen molar-refractivity contribution in [1.29, 1.82) is 0 Å². The summed E-state index contributed by atoms with van der Waals surface area (Å²) in [5.74, 6) is 0. The maximum Gasteiger partial charge on any atom is 0.261 e. The molecular weight excluding hydrogens is 363 g/mol. The molecule has 0 saturated carbocycles. The highest BCUT2D eigenvalue weighted by Gasteiger charge is 2.34. The highest BCUT2D eigenvalue weighted by Crippen LogP contribution is 2.49. The van der Waals surface area contributed by atoms with Crippen LogP contribution >= 0.6 is 7.37 Å². The molecule has 0 fully saturated rings. The summed E-state index contributed by atoms with van der Waals surface area (Å²) >= 11 is 0. The van der Waals surface area contributed by atoms with Gasteiger partial charge in [0.1, 0.15) is 0 Å². The van der Waals surface area contributed by atoms with Gasteiger partial charge in [0.25, 0.3) is 7.37 Å². The van der Waals surface area contributed by atoms with Gasteiger partial charge in [0.15, 0.2) is 0 Å². The van der Waals surface area contributed by atoms with Crippen molar-refractivity contribution in [3.8, 4) is 11.1 Å². The molecule has 1 atom stereocenters. The van der Waals surface area contributed by atoms with Crippen LogP contribution in [0.4, 0.5) is 0 Å². The van der Waals surface area contributed by atoms with Crippen LogP contribution in [0.15, 0.2) is 66.7 Å². The standard InChI is InChI=1S/C25H27O2P/c1-3-4-5-11-19-12-7-9-16-24(19)28(26,27-2)25-17-10-15-22-21-14-8-6-13-20(21)18-23(22)25/h6-10,12-17H,3-5,11,18H2,1-2H3. The van der Waals surface area contributed by atoms with Crippen LogP contribution in [0.2, 0.25) is 0 Å². The number of unbranched alkanes of at least 4 members (excludes halogenated alkanes) is 2. The minimum atomic E-state index is -3.16. The van der Waals surface area contributed by atoms with Crippen molar-refractivity contribution in [2.45, 2.75) is 39.0 Å². The Labute approximate surface area is 168 Å². The molecule has 0 saturated heterocycles. The first kappa shape index (κ1) is 19.2. The lowest BCUT2D eigenvalue weighted by molar-refractivity contribution is 0.412. The fraction of sp³-hybridized carbons (Fsp3) is 0.280. The number of aryl methyl sites for hydroxylation is 1. The normalized spacial score (nSPS) is 14.4. The molecule has 0 radical (unpaired) electrons. The van der Waals surface area contributed by atoms with E-state index in [-0.39, 0.29) is 0 Å². The first-order chi connectivity index (χ1) is 13.7. The first-order valence-corrected chi connectivity index (χ1v) is 11.8. The van der Waals surface area contributed by atoms with Gasteiger partial charge in [-0.15, -0.1) is 0 Å². The number of rotatable bonds is 7. The Morgan fingerprint density at radius 1 is 0.857 bits per heavy atom. The van der Waals surface area contributed by atoms with E-state index in [1.54, 1.807) is 7.11 Å². The van der Waals surface area contributed by atoms with Gasteiger partial charge in [0.2, 0.25) is 0 Å². The lowest BCUT2D eigenvalue weighted by atomic mass is 10.1. The zero-order valence-corrected chi connectivity index (χ0v) is 17.5. The average Bonchev–Trinajstić information content (AvgIpc) is 3.12. The third-order valence-corrected chi connectivity index (χ3v) is 8.40. The molecule has 0 spiro atoms. The van der Waals surface area contributed by atoms with Crippen LogP contribution in [0.1, 0.15) is 42.9 Å². The number of benzene rings is 3. The second-order valence-corrected chi connectivity index (χ2v) is 9.89. The van der Waals surface area contributed by atoms with Gasteiger partial charge in [0, 0.05) is 17.7 Å². The van der Waals surface area contributed by atoms with E-state index in [4.69, 9.17) is 4.52 Å². The zero-order valence-electron chi connectivity index (χ0n) is 16.7. The van der Waals surface area contributed by atoms with Gasteiger partial charge in [-0.05, 0) is 59.2 Å². The summed E-state index contributed by atoms with van der Waals surface area (Å²) in [4.78, 5) is 0. The summed E-state index contributed by atoms with van der Waals surface area (Å²) in [6.07, 6.45) is 5.21. The second kappa shape index (κ2) is 8.07. The van der Waals surface area contributed by atoms with E-state index in [9.17, 15) is 4.57 Å². The quantitative estimate of drug-likeness (QED) is 0.292. The van der Waals surface area contributed by atoms with Gasteiger partial charge >= 0.3 is 0 Å². The van der Waals surface area contributed by atoms with Gasteiger partial charge in [-0.3, -0.25) is 4.57 Å². The van der Waals surface area contributed by atoms with Crippen molar-refractivity contribution >= 4 is 18.0 Å². The molecule has 0 aromatic heterocycles. The molecule has 3 aromatic carbocycles. The van der Waals surface area contributed by atoms with Crippen LogP contribution in [0, 0.1) is 0 Å². The van der Waals surface area contributed by atoms with Crippen LogP contribution in [0.3, 0.4) is 0 Å². The maximum atomic E-state index is 14.3. The Hall–Kier alpha value is -2.15. The van der Waals surface area contributed by atoms with Crippen LogP contribution in [0.25, 0.3) is 11.1 Å². The number of fused-ring (bicyclic) bond motifs is 3. The van der Waals surface area contributed by atoms with Crippen molar-refractivity contribution in [1.82, 2.24) is 0 Å². The molecule has 1 unspecified atom stereocenters. The van der Waals surface area contributed by atoms with Gasteiger partial charge in [-0.1, -0.05) is 74.4 Å². The SMILES string of the molecule is CCCCCc1ccccc1P(=O)(OC)c1cccc2c1Cc1ccccc1-2. The Balaban J connectivity index is 1.82. The Kier molecular flexibility index (Phi) is 5.53. The topological polar surface area (TPSA) is 26.3 Å². The summed E-state index contributed by atoms with van der Waals surface area (Å²) in [5, 5.41) is 1.71. The molecule has 1 aliphatic carbocycles. The highest BCUT2D eigenvalue weighted by atomic mass is 31.2. The Morgan fingerprint density at radius 3 is 2.39 bits per heavy atom. The fourth-order valence-electron chi connectivity index (χ4n) is 4.32. The minimum absolute atomic E-state index is 0.813. The highest BCUT2D eigenvalue weighted by molar-refractivity contribution is 7.74. The molecule has 0 amide bonds. The molecule has 28 heavy (non-hydrogen) atoms. The second-order valence-electron chi connectivity index (χ2n) is 7.46. The van der Waals surface area contributed by atoms with Crippen LogP contribution in [-0.4, -0.2) is 7.11 Å². The fourth-order valence-corrected chi connectivity index (χ4v) is 6.65. The monoisotopic (exact) mass is 390 g/mol. The van der Waals surface area contributed by atoms with Crippen molar-refractivity contribution in [3.05, 3.63) is 83.4 Å². The molecule has 0 bridgehead atoms. The molecule has 0 N–H and O–H groups in total. The molecule has 2 nitrogen and oxygen atoms in total. The van der Waals surface area contributed by atoms with Crippen LogP contribution in [0.5, 0.6) is 0 Å². The van der Waals surface area contributed by atoms with E-state index in [1.807, 2.05) is 30.3 Å². The minimum Gasteiger partial charge on any atom is -0.325 e. The summed E-state index contributed by atoms with van der Waals surface area (Å²) in [5.41, 5.74) is 6.03. The number of hydrogen-bond donors (Lipinski definition) is 0. The third-order valence-electron chi connectivity index (χ3n) is 5.76. The number of hydrogen-bond acceptors (Lipinski definition) is 2. The molecule has 4 rings (SSSR count). The molecule has 0 aliphatic heterocycles. The molecule has 3 aromatic rings. The summed E-state index contributed by atoms with van der Waals surface area (Å²) in [6.45, 7) is 2.21. The van der Waals surface area contributed by atoms with Crippen molar-refractivity contribution in [2.75, 3.05) is 7.11 Å². The Morgan fingerprint density at radius 2 is 1.57 bits per heavy atom. The summed E-state index contributed by atoms with van der Waals surface area (Å²) < 4.78 is 20.2. The molecule has 3 heteroatoms. The van der Waals surface area contributed by atoms with Crippen LogP contribution < -0.4 is 10.6 Å². The predicted octanol–water partition coefficient (Wildman–Crippen LogP) is 5.87. The summed E-state index contributed by atoms with van der Waals surface area (Å²) in [7, 11) is -1.57. The average molecular weight is 390 g/mol. The van der Waals surface area contributed by atoms with E-state index in [0.29, 0.717) is 0 Å². The molecule has 0 heterocycles. The lowest BCUT2D eigenvalue weighted by Gasteiger charge is -2.22. The largest absolute Gasteiger partial charge is 0.325 e. The van der Waals surface area contributed by atoms with Crippen LogP contribution in [-0.2, 0) is 21.9 Å².